The molecule has 0 spiro atoms. The van der Waals surface area contributed by atoms with Crippen LogP contribution in [0, 0.1) is 6.92 Å². The molecule has 15 heavy (non-hydrogen) atoms. The molecule has 0 radical (unpaired) electrons. The van der Waals surface area contributed by atoms with E-state index >= 15 is 0 Å². The molecule has 2 aromatic rings. The number of aryl methyl sites for hydroxylation is 2. The Bertz CT molecular complexity index is 435. The molecule has 80 valence electrons. The Kier molecular flexibility index (Phi) is 3.01. The van der Waals surface area contributed by atoms with Crippen LogP contribution in [0.15, 0.2) is 18.6 Å². The van der Waals surface area contributed by atoms with Crippen LogP contribution in [0.4, 0.5) is 0 Å². The Morgan fingerprint density at radius 1 is 1.47 bits per heavy atom. The standard InChI is InChI=1S/C10H13N3OS/c1-3-13-6-9(4-12-13)14-7-10-5-11-8(2)15-10/h4-6H,3,7H2,1-2H3. The summed E-state index contributed by atoms with van der Waals surface area (Å²) in [5, 5.41) is 5.20. The summed E-state index contributed by atoms with van der Waals surface area (Å²) in [6, 6.07) is 0. The van der Waals surface area contributed by atoms with E-state index < -0.39 is 0 Å². The van der Waals surface area contributed by atoms with Crippen molar-refractivity contribution in [2.75, 3.05) is 0 Å². The number of hydrogen-bond acceptors (Lipinski definition) is 4. The third-order valence-corrected chi connectivity index (χ3v) is 2.87. The van der Waals surface area contributed by atoms with Gasteiger partial charge in [0.1, 0.15) is 6.61 Å². The third-order valence-electron chi connectivity index (χ3n) is 1.98. The molecule has 2 aromatic heterocycles. The van der Waals surface area contributed by atoms with Crippen LogP contribution >= 0.6 is 11.3 Å². The molecule has 0 bridgehead atoms. The predicted octanol–water partition coefficient (Wildman–Crippen LogP) is 2.25. The van der Waals surface area contributed by atoms with Gasteiger partial charge < -0.3 is 4.74 Å². The molecule has 2 heterocycles. The first-order valence-corrected chi connectivity index (χ1v) is 5.66. The predicted molar refractivity (Wildman–Crippen MR) is 59.1 cm³/mol. The maximum atomic E-state index is 5.57. The van der Waals surface area contributed by atoms with Gasteiger partial charge in [-0.05, 0) is 13.8 Å². The SMILES string of the molecule is CCn1cc(OCc2cnc(C)s2)cn1. The quantitative estimate of drug-likeness (QED) is 0.798. The van der Waals surface area contributed by atoms with Crippen LogP contribution in [0.3, 0.4) is 0 Å². The fourth-order valence-corrected chi connectivity index (χ4v) is 1.93. The Labute approximate surface area is 92.5 Å². The van der Waals surface area contributed by atoms with Gasteiger partial charge in [0.2, 0.25) is 0 Å². The molecular formula is C10H13N3OS. The maximum Gasteiger partial charge on any atom is 0.157 e. The molecule has 0 fully saturated rings. The zero-order valence-corrected chi connectivity index (χ0v) is 9.62. The van der Waals surface area contributed by atoms with Crippen LogP contribution in [0.25, 0.3) is 0 Å². The molecule has 0 unspecified atom stereocenters. The molecule has 0 saturated heterocycles. The van der Waals surface area contributed by atoms with Crippen molar-refractivity contribution in [3.8, 4) is 5.75 Å². The first-order chi connectivity index (χ1) is 7.28. The third kappa shape index (κ3) is 2.56. The van der Waals surface area contributed by atoms with E-state index in [0.717, 1.165) is 22.2 Å². The minimum atomic E-state index is 0.570. The van der Waals surface area contributed by atoms with Crippen molar-refractivity contribution >= 4 is 11.3 Å². The number of aromatic nitrogens is 3. The second-order valence-corrected chi connectivity index (χ2v) is 4.49. The van der Waals surface area contributed by atoms with Crippen molar-refractivity contribution in [2.24, 2.45) is 0 Å². The van der Waals surface area contributed by atoms with Crippen molar-refractivity contribution in [1.29, 1.82) is 0 Å². The molecule has 0 aliphatic rings. The fraction of sp³-hybridized carbons (Fsp3) is 0.400. The summed E-state index contributed by atoms with van der Waals surface area (Å²) in [7, 11) is 0. The van der Waals surface area contributed by atoms with E-state index in [1.165, 1.54) is 0 Å². The van der Waals surface area contributed by atoms with Gasteiger partial charge in [-0.15, -0.1) is 11.3 Å². The highest BCUT2D eigenvalue weighted by molar-refractivity contribution is 7.11. The molecule has 5 heteroatoms. The van der Waals surface area contributed by atoms with E-state index in [4.69, 9.17) is 4.74 Å². The van der Waals surface area contributed by atoms with Gasteiger partial charge in [0, 0.05) is 12.7 Å². The fourth-order valence-electron chi connectivity index (χ4n) is 1.22. The summed E-state index contributed by atoms with van der Waals surface area (Å²) < 4.78 is 7.42. The Balaban J connectivity index is 1.93. The zero-order chi connectivity index (χ0) is 10.7. The van der Waals surface area contributed by atoms with Crippen LogP contribution < -0.4 is 4.74 Å². The number of nitrogens with zero attached hydrogens (tertiary/aromatic N) is 3. The number of ether oxygens (including phenoxy) is 1. The topological polar surface area (TPSA) is 39.9 Å². The Morgan fingerprint density at radius 3 is 2.93 bits per heavy atom. The van der Waals surface area contributed by atoms with Crippen molar-refractivity contribution in [3.05, 3.63) is 28.5 Å². The van der Waals surface area contributed by atoms with E-state index in [0.29, 0.717) is 6.61 Å². The normalized spacial score (nSPS) is 10.5. The molecule has 0 saturated carbocycles. The Morgan fingerprint density at radius 2 is 2.33 bits per heavy atom. The average Bonchev–Trinajstić information content (AvgIpc) is 2.83. The van der Waals surface area contributed by atoms with Gasteiger partial charge >= 0.3 is 0 Å². The van der Waals surface area contributed by atoms with Crippen molar-refractivity contribution in [2.45, 2.75) is 27.0 Å². The molecule has 0 atom stereocenters. The Hall–Kier alpha value is -1.36. The smallest absolute Gasteiger partial charge is 0.157 e. The number of thiazole rings is 1. The summed E-state index contributed by atoms with van der Waals surface area (Å²) in [6.07, 6.45) is 5.48. The zero-order valence-electron chi connectivity index (χ0n) is 8.80. The van der Waals surface area contributed by atoms with E-state index in [2.05, 4.69) is 10.1 Å². The van der Waals surface area contributed by atoms with E-state index in [1.807, 2.05) is 30.9 Å². The summed E-state index contributed by atoms with van der Waals surface area (Å²) >= 11 is 1.66. The van der Waals surface area contributed by atoms with Gasteiger partial charge in [0.15, 0.2) is 5.75 Å². The van der Waals surface area contributed by atoms with Gasteiger partial charge in [-0.25, -0.2) is 4.98 Å². The lowest BCUT2D eigenvalue weighted by Crippen LogP contribution is -1.93. The highest BCUT2D eigenvalue weighted by Crippen LogP contribution is 2.15. The molecular weight excluding hydrogens is 210 g/mol. The maximum absolute atomic E-state index is 5.57. The van der Waals surface area contributed by atoms with Gasteiger partial charge in [-0.3, -0.25) is 4.68 Å². The molecule has 0 aliphatic carbocycles. The van der Waals surface area contributed by atoms with Crippen molar-refractivity contribution < 1.29 is 4.74 Å². The van der Waals surface area contributed by atoms with E-state index in [1.54, 1.807) is 17.5 Å². The summed E-state index contributed by atoms with van der Waals surface area (Å²) in [5.74, 6) is 0.808. The molecule has 0 N–H and O–H groups in total. The van der Waals surface area contributed by atoms with Gasteiger partial charge in [-0.2, -0.15) is 5.10 Å². The molecule has 4 nitrogen and oxygen atoms in total. The average molecular weight is 223 g/mol. The van der Waals surface area contributed by atoms with Crippen LogP contribution in [-0.2, 0) is 13.2 Å². The molecule has 0 aromatic carbocycles. The monoisotopic (exact) mass is 223 g/mol. The van der Waals surface area contributed by atoms with Gasteiger partial charge in [-0.1, -0.05) is 0 Å². The second kappa shape index (κ2) is 4.44. The van der Waals surface area contributed by atoms with Crippen LogP contribution in [0.5, 0.6) is 5.75 Å². The summed E-state index contributed by atoms with van der Waals surface area (Å²) in [6.45, 7) is 5.47. The van der Waals surface area contributed by atoms with Gasteiger partial charge in [0.05, 0.1) is 22.3 Å². The summed E-state index contributed by atoms with van der Waals surface area (Å²) in [4.78, 5) is 5.30. The largest absolute Gasteiger partial charge is 0.485 e. The van der Waals surface area contributed by atoms with Gasteiger partial charge in [0.25, 0.3) is 0 Å². The van der Waals surface area contributed by atoms with Crippen LogP contribution in [0.1, 0.15) is 16.8 Å². The van der Waals surface area contributed by atoms with Crippen molar-refractivity contribution in [1.82, 2.24) is 14.8 Å². The van der Waals surface area contributed by atoms with Crippen molar-refractivity contribution in [3.63, 3.8) is 0 Å². The lowest BCUT2D eigenvalue weighted by Gasteiger charge is -1.99. The number of hydrogen-bond donors (Lipinski definition) is 0. The van der Waals surface area contributed by atoms with E-state index in [9.17, 15) is 0 Å². The number of rotatable bonds is 4. The minimum Gasteiger partial charge on any atom is -0.485 e. The highest BCUT2D eigenvalue weighted by Gasteiger charge is 2.01. The van der Waals surface area contributed by atoms with Crippen LogP contribution in [0.2, 0.25) is 0 Å². The van der Waals surface area contributed by atoms with E-state index in [-0.39, 0.29) is 0 Å². The lowest BCUT2D eigenvalue weighted by atomic mass is 10.6. The molecule has 0 aliphatic heterocycles. The molecule has 0 amide bonds. The summed E-state index contributed by atoms with van der Waals surface area (Å²) in [5.41, 5.74) is 0. The van der Waals surface area contributed by atoms with Crippen LogP contribution in [-0.4, -0.2) is 14.8 Å². The minimum absolute atomic E-state index is 0.570. The first kappa shape index (κ1) is 10.2. The second-order valence-electron chi connectivity index (χ2n) is 3.17. The lowest BCUT2D eigenvalue weighted by molar-refractivity contribution is 0.309. The molecule has 2 rings (SSSR count). The first-order valence-electron chi connectivity index (χ1n) is 4.84. The highest BCUT2D eigenvalue weighted by atomic mass is 32.1.